The van der Waals surface area contributed by atoms with Crippen molar-refractivity contribution in [2.45, 2.75) is 392 Å². The zero-order chi connectivity index (χ0) is 55.7. The van der Waals surface area contributed by atoms with Gasteiger partial charge in [0.2, 0.25) is 5.91 Å². The number of aliphatic hydroxyl groups excluding tert-OH is 2. The average molecular weight is 1080 g/mol. The molecule has 2 unspecified atom stereocenters. The summed E-state index contributed by atoms with van der Waals surface area (Å²) in [6.45, 7) is 4.89. The molecule has 0 aromatic rings. The van der Waals surface area contributed by atoms with E-state index in [4.69, 9.17) is 4.74 Å². The Kier molecular flexibility index (Phi) is 64.9. The van der Waals surface area contributed by atoms with Crippen LogP contribution in [0.4, 0.5) is 0 Å². The minimum Gasteiger partial charge on any atom is -0.466 e. The van der Waals surface area contributed by atoms with E-state index < -0.39 is 12.1 Å². The first kappa shape index (κ1) is 75.1. The molecule has 2 atom stereocenters. The Hall–Kier alpha value is -1.92. The molecule has 6 nitrogen and oxygen atoms in total. The second-order valence-corrected chi connectivity index (χ2v) is 23.9. The third kappa shape index (κ3) is 63.1. The fourth-order valence-corrected chi connectivity index (χ4v) is 10.8. The number of unbranched alkanes of at least 4 members (excludes halogenated alkanes) is 50. The van der Waals surface area contributed by atoms with Gasteiger partial charge >= 0.3 is 5.97 Å². The van der Waals surface area contributed by atoms with Crippen LogP contribution in [0.25, 0.3) is 0 Å². The highest BCUT2D eigenvalue weighted by Crippen LogP contribution is 2.19. The summed E-state index contributed by atoms with van der Waals surface area (Å²) >= 11 is 0. The molecule has 454 valence electrons. The Labute approximate surface area is 481 Å². The summed E-state index contributed by atoms with van der Waals surface area (Å²) in [6, 6.07) is -0.627. The van der Waals surface area contributed by atoms with Gasteiger partial charge in [0.15, 0.2) is 0 Å². The van der Waals surface area contributed by atoms with E-state index in [2.05, 4.69) is 43.5 Å². The molecule has 77 heavy (non-hydrogen) atoms. The molecule has 0 bridgehead atoms. The molecule has 3 N–H and O–H groups in total. The van der Waals surface area contributed by atoms with E-state index >= 15 is 0 Å². The van der Waals surface area contributed by atoms with Crippen molar-refractivity contribution in [3.8, 4) is 0 Å². The molecule has 0 radical (unpaired) electrons. The van der Waals surface area contributed by atoms with Crippen LogP contribution in [0.15, 0.2) is 36.5 Å². The van der Waals surface area contributed by atoms with Gasteiger partial charge in [-0.25, -0.2) is 0 Å². The van der Waals surface area contributed by atoms with E-state index in [-0.39, 0.29) is 18.5 Å². The number of hydrogen-bond donors (Lipinski definition) is 3. The zero-order valence-electron chi connectivity index (χ0n) is 52.0. The number of carbonyl (C=O) groups is 2. The van der Waals surface area contributed by atoms with E-state index in [9.17, 15) is 19.8 Å². The van der Waals surface area contributed by atoms with Gasteiger partial charge in [-0.1, -0.05) is 346 Å². The first-order valence-corrected chi connectivity index (χ1v) is 34.8. The van der Waals surface area contributed by atoms with E-state index in [0.717, 1.165) is 51.4 Å². The van der Waals surface area contributed by atoms with Crippen molar-refractivity contribution in [3.05, 3.63) is 36.5 Å². The van der Waals surface area contributed by atoms with Crippen LogP contribution >= 0.6 is 0 Å². The monoisotopic (exact) mass is 1080 g/mol. The Bertz CT molecular complexity index is 1250. The number of ether oxygens (including phenoxy) is 1. The lowest BCUT2D eigenvalue weighted by Gasteiger charge is -2.20. The average Bonchev–Trinajstić information content (AvgIpc) is 3.43. The first-order valence-electron chi connectivity index (χ1n) is 34.8. The molecule has 0 rings (SSSR count). The summed E-state index contributed by atoms with van der Waals surface area (Å²) in [5.74, 6) is -0.0599. The third-order valence-electron chi connectivity index (χ3n) is 16.2. The second-order valence-electron chi connectivity index (χ2n) is 23.9. The van der Waals surface area contributed by atoms with Crippen molar-refractivity contribution in [1.82, 2.24) is 5.32 Å². The van der Waals surface area contributed by atoms with Crippen molar-refractivity contribution in [2.24, 2.45) is 0 Å². The SMILES string of the molecule is CCCC/C=C\C/C=C\CCCCCCCC(=O)OCCCCCCCCCCCCCCCCCCCCCCCCCCCCC(=O)NC(CO)C(O)/C=C/CCCCCCCCCCCCCCCCCCCC. The van der Waals surface area contributed by atoms with E-state index in [1.807, 2.05) is 6.08 Å². The molecule has 0 aromatic carbocycles. The number of allylic oxidation sites excluding steroid dienone is 5. The van der Waals surface area contributed by atoms with Crippen LogP contribution in [0.3, 0.4) is 0 Å². The van der Waals surface area contributed by atoms with E-state index in [1.165, 1.54) is 302 Å². The van der Waals surface area contributed by atoms with Crippen molar-refractivity contribution >= 4 is 11.9 Å². The molecule has 6 heteroatoms. The standard InChI is InChI=1S/C71H135NO5/c1-3-5-7-9-11-13-15-17-19-20-21-30-33-36-39-43-47-51-55-59-63-69(74)68(67-73)72-70(75)64-60-56-52-48-44-40-37-34-31-28-26-24-22-23-25-27-29-32-35-38-42-46-50-54-58-62-66-77-71(76)65-61-57-53-49-45-41-18-16-14-12-10-8-6-4-2/h10,12,16,18,59,63,68-69,73-74H,3-9,11,13-15,17,19-58,60-62,64-67H2,1-2H3,(H,72,75)/b12-10-,18-16-,63-59+. The fourth-order valence-electron chi connectivity index (χ4n) is 10.8. The lowest BCUT2D eigenvalue weighted by atomic mass is 10.0. The molecule has 0 aromatic heterocycles. The highest BCUT2D eigenvalue weighted by atomic mass is 16.5. The van der Waals surface area contributed by atoms with E-state index in [0.29, 0.717) is 19.4 Å². The highest BCUT2D eigenvalue weighted by Gasteiger charge is 2.18. The molecule has 0 fully saturated rings. The molecule has 0 saturated heterocycles. The van der Waals surface area contributed by atoms with Crippen molar-refractivity contribution in [2.75, 3.05) is 13.2 Å². The summed E-state index contributed by atoms with van der Waals surface area (Å²) in [7, 11) is 0. The number of esters is 1. The van der Waals surface area contributed by atoms with Gasteiger partial charge in [-0.3, -0.25) is 9.59 Å². The molecule has 0 spiro atoms. The van der Waals surface area contributed by atoms with Crippen LogP contribution in [-0.2, 0) is 14.3 Å². The largest absolute Gasteiger partial charge is 0.466 e. The normalized spacial score (nSPS) is 12.7. The molecule has 0 aliphatic rings. The summed E-state index contributed by atoms with van der Waals surface area (Å²) in [5, 5.41) is 23.2. The quantitative estimate of drug-likeness (QED) is 0.0320. The summed E-state index contributed by atoms with van der Waals surface area (Å²) in [6.07, 6.45) is 85.0. The molecule has 0 saturated carbocycles. The van der Waals surface area contributed by atoms with Gasteiger partial charge < -0.3 is 20.3 Å². The molecule has 0 aliphatic heterocycles. The number of rotatable bonds is 65. The highest BCUT2D eigenvalue weighted by molar-refractivity contribution is 5.76. The number of carbonyl (C=O) groups excluding carboxylic acids is 2. The van der Waals surface area contributed by atoms with Gasteiger partial charge in [-0.2, -0.15) is 0 Å². The van der Waals surface area contributed by atoms with Crippen LogP contribution in [0.2, 0.25) is 0 Å². The van der Waals surface area contributed by atoms with Crippen molar-refractivity contribution in [3.63, 3.8) is 0 Å². The minimum atomic E-state index is -0.844. The van der Waals surface area contributed by atoms with Gasteiger partial charge in [0.25, 0.3) is 0 Å². The zero-order valence-corrected chi connectivity index (χ0v) is 52.0. The summed E-state index contributed by atoms with van der Waals surface area (Å²) < 4.78 is 5.48. The predicted molar refractivity (Wildman–Crippen MR) is 338 cm³/mol. The maximum absolute atomic E-state index is 12.5. The number of amides is 1. The van der Waals surface area contributed by atoms with Crippen LogP contribution in [-0.4, -0.2) is 47.4 Å². The number of aliphatic hydroxyl groups is 2. The molecule has 0 aliphatic carbocycles. The lowest BCUT2D eigenvalue weighted by Crippen LogP contribution is -2.45. The van der Waals surface area contributed by atoms with Crippen LogP contribution < -0.4 is 5.32 Å². The summed E-state index contributed by atoms with van der Waals surface area (Å²) in [4.78, 5) is 24.6. The Morgan fingerprint density at radius 1 is 0.364 bits per heavy atom. The fraction of sp³-hybridized carbons (Fsp3) is 0.887. The van der Waals surface area contributed by atoms with Crippen molar-refractivity contribution < 1.29 is 24.5 Å². The lowest BCUT2D eigenvalue weighted by molar-refractivity contribution is -0.143. The minimum absolute atomic E-state index is 0.00256. The van der Waals surface area contributed by atoms with Gasteiger partial charge in [0.1, 0.15) is 0 Å². The maximum Gasteiger partial charge on any atom is 0.305 e. The smallest absolute Gasteiger partial charge is 0.305 e. The number of hydrogen-bond acceptors (Lipinski definition) is 5. The Morgan fingerprint density at radius 2 is 0.662 bits per heavy atom. The molecular weight excluding hydrogens is 947 g/mol. The first-order chi connectivity index (χ1) is 38.0. The van der Waals surface area contributed by atoms with Gasteiger partial charge in [0, 0.05) is 12.8 Å². The molecular formula is C71H135NO5. The van der Waals surface area contributed by atoms with E-state index in [1.54, 1.807) is 6.08 Å². The van der Waals surface area contributed by atoms with Gasteiger partial charge in [-0.05, 0) is 57.8 Å². The van der Waals surface area contributed by atoms with Crippen LogP contribution in [0.5, 0.6) is 0 Å². The summed E-state index contributed by atoms with van der Waals surface area (Å²) in [5.41, 5.74) is 0. The Balaban J connectivity index is 3.39. The van der Waals surface area contributed by atoms with Crippen LogP contribution in [0, 0.1) is 0 Å². The maximum atomic E-state index is 12.5. The van der Waals surface area contributed by atoms with Crippen LogP contribution in [0.1, 0.15) is 380 Å². The predicted octanol–water partition coefficient (Wildman–Crippen LogP) is 22.3. The second kappa shape index (κ2) is 66.6. The topological polar surface area (TPSA) is 95.9 Å². The van der Waals surface area contributed by atoms with Gasteiger partial charge in [0.05, 0.1) is 25.4 Å². The van der Waals surface area contributed by atoms with Crippen molar-refractivity contribution in [1.29, 1.82) is 0 Å². The Morgan fingerprint density at radius 3 is 1.03 bits per heavy atom. The molecule has 0 heterocycles. The number of nitrogens with one attached hydrogen (secondary N) is 1. The van der Waals surface area contributed by atoms with Gasteiger partial charge in [-0.15, -0.1) is 0 Å². The molecule has 1 amide bonds. The third-order valence-corrected chi connectivity index (χ3v) is 16.2.